The zero-order valence-electron chi connectivity index (χ0n) is 9.75. The molecule has 1 fully saturated rings. The fraction of sp³-hybridized carbons (Fsp3) is 0.462. The van der Waals surface area contributed by atoms with Crippen LogP contribution in [-0.4, -0.2) is 24.4 Å². The molecule has 0 spiro atoms. The lowest BCUT2D eigenvalue weighted by Gasteiger charge is -2.30. The fourth-order valence-corrected chi connectivity index (χ4v) is 2.04. The van der Waals surface area contributed by atoms with Gasteiger partial charge in [-0.05, 0) is 30.9 Å². The maximum atomic E-state index is 13.4. The topological polar surface area (TPSA) is 20.3 Å². The van der Waals surface area contributed by atoms with Crippen LogP contribution in [0.15, 0.2) is 18.2 Å². The molecule has 1 amide bonds. The molecule has 17 heavy (non-hydrogen) atoms. The van der Waals surface area contributed by atoms with Crippen molar-refractivity contribution in [2.45, 2.75) is 19.3 Å². The van der Waals surface area contributed by atoms with Crippen LogP contribution in [0, 0.1) is 17.6 Å². The van der Waals surface area contributed by atoms with E-state index in [-0.39, 0.29) is 0 Å². The highest BCUT2D eigenvalue weighted by Crippen LogP contribution is 2.27. The van der Waals surface area contributed by atoms with Crippen LogP contribution in [-0.2, 0) is 0 Å². The maximum absolute atomic E-state index is 13.4. The summed E-state index contributed by atoms with van der Waals surface area (Å²) in [6.07, 6.45) is 3.37. The van der Waals surface area contributed by atoms with Crippen molar-refractivity contribution in [2.75, 3.05) is 13.6 Å². The van der Waals surface area contributed by atoms with Crippen molar-refractivity contribution < 1.29 is 13.6 Å². The summed E-state index contributed by atoms with van der Waals surface area (Å²) in [6, 6.07) is 3.47. The van der Waals surface area contributed by atoms with Crippen molar-refractivity contribution in [1.29, 1.82) is 0 Å². The van der Waals surface area contributed by atoms with E-state index in [4.69, 9.17) is 0 Å². The van der Waals surface area contributed by atoms with Crippen molar-refractivity contribution in [3.8, 4) is 0 Å². The molecule has 1 aliphatic rings. The highest BCUT2D eigenvalue weighted by Gasteiger charge is 2.25. The van der Waals surface area contributed by atoms with Gasteiger partial charge >= 0.3 is 0 Å². The van der Waals surface area contributed by atoms with Crippen LogP contribution in [0.25, 0.3) is 0 Å². The molecule has 0 bridgehead atoms. The molecule has 0 saturated heterocycles. The van der Waals surface area contributed by atoms with Gasteiger partial charge in [0.05, 0.1) is 0 Å². The molecule has 0 radical (unpaired) electrons. The molecule has 0 heterocycles. The first-order chi connectivity index (χ1) is 8.09. The standard InChI is InChI=1S/C13H15F2NO/c1-16(8-9-4-2-5-9)13(17)12-10(14)6-3-7-11(12)15/h3,6-7,9H,2,4-5,8H2,1H3. The number of hydrogen-bond acceptors (Lipinski definition) is 1. The van der Waals surface area contributed by atoms with E-state index in [0.717, 1.165) is 25.0 Å². The van der Waals surface area contributed by atoms with Crippen LogP contribution in [0.2, 0.25) is 0 Å². The normalized spacial score (nSPS) is 15.5. The maximum Gasteiger partial charge on any atom is 0.259 e. The lowest BCUT2D eigenvalue weighted by Crippen LogP contribution is -2.35. The summed E-state index contributed by atoms with van der Waals surface area (Å²) in [5.41, 5.74) is -0.450. The third-order valence-corrected chi connectivity index (χ3v) is 3.28. The van der Waals surface area contributed by atoms with Gasteiger partial charge in [0.15, 0.2) is 0 Å². The van der Waals surface area contributed by atoms with Crippen molar-refractivity contribution in [3.05, 3.63) is 35.4 Å². The highest BCUT2D eigenvalue weighted by molar-refractivity contribution is 5.94. The van der Waals surface area contributed by atoms with Crippen molar-refractivity contribution in [2.24, 2.45) is 5.92 Å². The summed E-state index contributed by atoms with van der Waals surface area (Å²) in [7, 11) is 1.59. The molecule has 1 aromatic rings. The summed E-state index contributed by atoms with van der Waals surface area (Å²) in [4.78, 5) is 13.3. The molecule has 1 saturated carbocycles. The van der Waals surface area contributed by atoms with Crippen molar-refractivity contribution in [1.82, 2.24) is 4.90 Å². The van der Waals surface area contributed by atoms with Gasteiger partial charge in [-0.3, -0.25) is 4.79 Å². The first-order valence-corrected chi connectivity index (χ1v) is 5.79. The zero-order valence-corrected chi connectivity index (χ0v) is 9.75. The van der Waals surface area contributed by atoms with E-state index < -0.39 is 23.1 Å². The van der Waals surface area contributed by atoms with Crippen LogP contribution < -0.4 is 0 Å². The Kier molecular flexibility index (Phi) is 3.41. The Hall–Kier alpha value is -1.45. The molecule has 4 heteroatoms. The van der Waals surface area contributed by atoms with Crippen molar-refractivity contribution in [3.63, 3.8) is 0 Å². The Morgan fingerprint density at radius 2 is 1.94 bits per heavy atom. The molecule has 2 rings (SSSR count). The van der Waals surface area contributed by atoms with E-state index in [1.54, 1.807) is 7.05 Å². The van der Waals surface area contributed by atoms with E-state index in [1.807, 2.05) is 0 Å². The number of hydrogen-bond donors (Lipinski definition) is 0. The van der Waals surface area contributed by atoms with Gasteiger partial charge in [-0.2, -0.15) is 0 Å². The smallest absolute Gasteiger partial charge is 0.259 e. The van der Waals surface area contributed by atoms with E-state index >= 15 is 0 Å². The average molecular weight is 239 g/mol. The first-order valence-electron chi connectivity index (χ1n) is 5.79. The number of benzene rings is 1. The van der Waals surface area contributed by atoms with E-state index in [0.29, 0.717) is 12.5 Å². The number of halogens is 2. The molecule has 92 valence electrons. The molecule has 0 atom stereocenters. The molecule has 1 aromatic carbocycles. The van der Waals surface area contributed by atoms with E-state index in [9.17, 15) is 13.6 Å². The second kappa shape index (κ2) is 4.82. The van der Waals surface area contributed by atoms with Crippen LogP contribution >= 0.6 is 0 Å². The second-order valence-electron chi connectivity index (χ2n) is 4.58. The predicted octanol–water partition coefficient (Wildman–Crippen LogP) is 2.84. The Bertz CT molecular complexity index is 409. The Morgan fingerprint density at radius 1 is 1.35 bits per heavy atom. The van der Waals surface area contributed by atoms with Gasteiger partial charge in [-0.15, -0.1) is 0 Å². The SMILES string of the molecule is CN(CC1CCC1)C(=O)c1c(F)cccc1F. The quantitative estimate of drug-likeness (QED) is 0.794. The lowest BCUT2D eigenvalue weighted by atomic mass is 9.85. The molecule has 0 N–H and O–H groups in total. The first kappa shape index (κ1) is 12.0. The third-order valence-electron chi connectivity index (χ3n) is 3.28. The number of carbonyl (C=O) groups is 1. The summed E-state index contributed by atoms with van der Waals surface area (Å²) < 4.78 is 26.8. The summed E-state index contributed by atoms with van der Waals surface area (Å²) in [5, 5.41) is 0. The Balaban J connectivity index is 2.12. The second-order valence-corrected chi connectivity index (χ2v) is 4.58. The van der Waals surface area contributed by atoms with Gasteiger partial charge in [0.1, 0.15) is 17.2 Å². The minimum Gasteiger partial charge on any atom is -0.341 e. The molecular formula is C13H15F2NO. The van der Waals surface area contributed by atoms with Gasteiger partial charge in [0.25, 0.3) is 5.91 Å². The lowest BCUT2D eigenvalue weighted by molar-refractivity contribution is 0.0735. The Morgan fingerprint density at radius 3 is 2.41 bits per heavy atom. The van der Waals surface area contributed by atoms with Crippen LogP contribution in [0.4, 0.5) is 8.78 Å². The monoisotopic (exact) mass is 239 g/mol. The molecular weight excluding hydrogens is 224 g/mol. The summed E-state index contributed by atoms with van der Waals surface area (Å²) in [6.45, 7) is 0.576. The predicted molar refractivity (Wildman–Crippen MR) is 60.7 cm³/mol. The van der Waals surface area contributed by atoms with Gasteiger partial charge in [-0.1, -0.05) is 12.5 Å². The van der Waals surface area contributed by atoms with Crippen LogP contribution in [0.3, 0.4) is 0 Å². The third kappa shape index (κ3) is 2.46. The number of carbonyl (C=O) groups excluding carboxylic acids is 1. The number of nitrogens with zero attached hydrogens (tertiary/aromatic N) is 1. The fourth-order valence-electron chi connectivity index (χ4n) is 2.04. The van der Waals surface area contributed by atoms with E-state index in [1.165, 1.54) is 17.4 Å². The number of rotatable bonds is 3. The zero-order chi connectivity index (χ0) is 12.4. The Labute approximate surface area is 99.2 Å². The minimum absolute atomic E-state index is 0.450. The average Bonchev–Trinajstić information content (AvgIpc) is 2.22. The minimum atomic E-state index is -0.796. The highest BCUT2D eigenvalue weighted by atomic mass is 19.1. The molecule has 0 unspecified atom stereocenters. The largest absolute Gasteiger partial charge is 0.341 e. The molecule has 0 aromatic heterocycles. The summed E-state index contributed by atoms with van der Waals surface area (Å²) >= 11 is 0. The van der Waals surface area contributed by atoms with Crippen LogP contribution in [0.5, 0.6) is 0 Å². The van der Waals surface area contributed by atoms with Crippen molar-refractivity contribution >= 4 is 5.91 Å². The van der Waals surface area contributed by atoms with E-state index in [2.05, 4.69) is 0 Å². The van der Waals surface area contributed by atoms with Gasteiger partial charge in [-0.25, -0.2) is 8.78 Å². The van der Waals surface area contributed by atoms with Gasteiger partial charge in [0.2, 0.25) is 0 Å². The summed E-state index contributed by atoms with van der Waals surface area (Å²) in [5.74, 6) is -1.68. The molecule has 2 nitrogen and oxygen atoms in total. The molecule has 0 aliphatic heterocycles. The molecule has 1 aliphatic carbocycles. The van der Waals surface area contributed by atoms with Crippen LogP contribution in [0.1, 0.15) is 29.6 Å². The number of amides is 1. The van der Waals surface area contributed by atoms with Gasteiger partial charge < -0.3 is 4.90 Å². The van der Waals surface area contributed by atoms with Gasteiger partial charge in [0, 0.05) is 13.6 Å².